The third kappa shape index (κ3) is 7.58. The summed E-state index contributed by atoms with van der Waals surface area (Å²) in [7, 11) is 1.12. The van der Waals surface area contributed by atoms with Crippen LogP contribution in [-0.2, 0) is 0 Å². The van der Waals surface area contributed by atoms with Gasteiger partial charge in [-0.15, -0.1) is 11.1 Å². The fourth-order valence-corrected chi connectivity index (χ4v) is 8.10. The van der Waals surface area contributed by atoms with Crippen LogP contribution in [0.25, 0.3) is 43.1 Å². The Morgan fingerprint density at radius 3 is 1.04 bits per heavy atom. The lowest BCUT2D eigenvalue weighted by atomic mass is 9.89. The van der Waals surface area contributed by atoms with Crippen molar-refractivity contribution in [2.24, 2.45) is 23.7 Å². The summed E-state index contributed by atoms with van der Waals surface area (Å²) >= 11 is 0. The van der Waals surface area contributed by atoms with Crippen LogP contribution in [0.15, 0.2) is 96.1 Å². The Hall–Kier alpha value is -3.83. The lowest BCUT2D eigenvalue weighted by molar-refractivity contribution is 0.624. The molecule has 0 unspecified atom stereocenters. The monoisotopic (exact) mass is 630 g/mol. The molecule has 0 aliphatic rings. The van der Waals surface area contributed by atoms with E-state index in [4.69, 9.17) is 0 Å². The Labute approximate surface area is 282 Å². The van der Waals surface area contributed by atoms with E-state index < -0.39 is 0 Å². The molecule has 0 atom stereocenters. The van der Waals surface area contributed by atoms with E-state index in [1.807, 2.05) is 0 Å². The van der Waals surface area contributed by atoms with E-state index >= 15 is 0 Å². The molecule has 230 valence electrons. The van der Waals surface area contributed by atoms with Crippen molar-refractivity contribution >= 4 is 62.1 Å². The summed E-state index contributed by atoms with van der Waals surface area (Å²) in [5, 5.41) is 9.77. The average molecular weight is 631 g/mol. The second kappa shape index (κ2) is 15.2. The first kappa shape index (κ1) is 33.5. The molecule has 0 spiro atoms. The molecule has 0 bridgehead atoms. The molecule has 46 heavy (non-hydrogen) atoms. The zero-order valence-corrected chi connectivity index (χ0v) is 30.8. The van der Waals surface area contributed by atoms with Gasteiger partial charge >= 0.3 is 0 Å². The van der Waals surface area contributed by atoms with Crippen LogP contribution < -0.4 is 0 Å². The molecule has 0 fully saturated rings. The molecular formula is C44H46Si2. The Morgan fingerprint density at radius 1 is 0.500 bits per heavy atom. The van der Waals surface area contributed by atoms with Gasteiger partial charge in [0.05, 0.1) is 0 Å². The molecule has 0 amide bonds. The van der Waals surface area contributed by atoms with Gasteiger partial charge in [0.2, 0.25) is 0 Å². The molecule has 0 aliphatic carbocycles. The van der Waals surface area contributed by atoms with Crippen LogP contribution in [0.2, 0.25) is 12.1 Å². The minimum atomic E-state index is 0.562. The van der Waals surface area contributed by atoms with Gasteiger partial charge in [-0.1, -0.05) is 139 Å². The summed E-state index contributed by atoms with van der Waals surface area (Å²) in [4.78, 5) is 0. The number of hydrogen-bond donors (Lipinski definition) is 0. The lowest BCUT2D eigenvalue weighted by Crippen LogP contribution is -2.02. The van der Waals surface area contributed by atoms with Gasteiger partial charge in [0, 0.05) is 11.1 Å². The van der Waals surface area contributed by atoms with Crippen molar-refractivity contribution in [3.8, 4) is 22.9 Å². The van der Waals surface area contributed by atoms with Crippen molar-refractivity contribution in [3.63, 3.8) is 0 Å². The summed E-state index contributed by atoms with van der Waals surface area (Å²) in [6.45, 7) is 18.4. The molecule has 2 heteroatoms. The van der Waals surface area contributed by atoms with Gasteiger partial charge in [-0.25, -0.2) is 0 Å². The van der Waals surface area contributed by atoms with Crippen LogP contribution in [0, 0.1) is 46.6 Å². The number of fused-ring (bicyclic) bond motifs is 4. The molecule has 0 N–H and O–H groups in total. The molecule has 5 rings (SSSR count). The highest BCUT2D eigenvalue weighted by atomic mass is 28.2. The fraction of sp³-hybridized carbons (Fsp3) is 0.318. The Morgan fingerprint density at radius 2 is 0.783 bits per heavy atom. The van der Waals surface area contributed by atoms with E-state index in [0.717, 1.165) is 23.2 Å². The van der Waals surface area contributed by atoms with Gasteiger partial charge in [0.1, 0.15) is 0 Å². The van der Waals surface area contributed by atoms with Gasteiger partial charge in [-0.05, 0) is 103 Å². The van der Waals surface area contributed by atoms with E-state index in [-0.39, 0.29) is 0 Å². The van der Waals surface area contributed by atoms with Crippen LogP contribution >= 0.6 is 0 Å². The maximum atomic E-state index is 3.71. The zero-order chi connectivity index (χ0) is 32.8. The van der Waals surface area contributed by atoms with Crippen LogP contribution in [-0.4, -0.2) is 19.0 Å². The van der Waals surface area contributed by atoms with Crippen molar-refractivity contribution in [3.05, 3.63) is 107 Å². The molecule has 5 aromatic rings. The summed E-state index contributed by atoms with van der Waals surface area (Å²) < 4.78 is 0. The molecular weight excluding hydrogens is 585 g/mol. The highest BCUT2D eigenvalue weighted by Gasteiger charge is 2.15. The summed E-state index contributed by atoms with van der Waals surface area (Å²) in [5.74, 6) is 9.71. The summed E-state index contributed by atoms with van der Waals surface area (Å²) in [6.07, 6.45) is 4.86. The van der Waals surface area contributed by atoms with E-state index in [2.05, 4.69) is 163 Å². The van der Waals surface area contributed by atoms with Crippen molar-refractivity contribution in [1.82, 2.24) is 0 Å². The van der Waals surface area contributed by atoms with Crippen LogP contribution in [0.4, 0.5) is 0 Å². The molecule has 0 saturated heterocycles. The average Bonchev–Trinajstić information content (AvgIpc) is 3.02. The minimum Gasteiger partial charge on any atom is -0.130 e. The third-order valence-electron chi connectivity index (χ3n) is 8.95. The van der Waals surface area contributed by atoms with Gasteiger partial charge in [-0.3, -0.25) is 0 Å². The first-order valence-corrected chi connectivity index (χ1v) is 19.3. The van der Waals surface area contributed by atoms with Crippen LogP contribution in [0.5, 0.6) is 0 Å². The Bertz CT molecular complexity index is 1800. The SMILES string of the molecule is CC(C)C(=CC[Si]C#Cc1c2cc3ccccc3cc2c(C#C[Si]CC=C(C(C)C)C(C)C)c2cc3ccccc3cc12)C(C)C. The largest absolute Gasteiger partial charge is 0.152 e. The van der Waals surface area contributed by atoms with E-state index in [9.17, 15) is 0 Å². The maximum Gasteiger partial charge on any atom is 0.152 e. The Balaban J connectivity index is 1.68. The van der Waals surface area contributed by atoms with E-state index in [1.165, 1.54) is 54.2 Å². The fourth-order valence-electron chi connectivity index (χ4n) is 6.80. The third-order valence-corrected chi connectivity index (χ3v) is 10.4. The normalized spacial score (nSPS) is 11.4. The van der Waals surface area contributed by atoms with Gasteiger partial charge in [0.15, 0.2) is 19.0 Å². The van der Waals surface area contributed by atoms with Gasteiger partial charge in [-0.2, -0.15) is 0 Å². The first-order valence-electron chi connectivity index (χ1n) is 16.8. The zero-order valence-electron chi connectivity index (χ0n) is 28.8. The van der Waals surface area contributed by atoms with Crippen molar-refractivity contribution in [1.29, 1.82) is 0 Å². The summed E-state index contributed by atoms with van der Waals surface area (Å²) in [5.41, 5.74) is 12.5. The number of rotatable bonds is 8. The number of hydrogen-bond acceptors (Lipinski definition) is 0. The summed E-state index contributed by atoms with van der Waals surface area (Å²) in [6, 6.07) is 28.7. The molecule has 0 aromatic heterocycles. The Kier molecular flexibility index (Phi) is 11.1. The van der Waals surface area contributed by atoms with Crippen LogP contribution in [0.3, 0.4) is 0 Å². The highest BCUT2D eigenvalue weighted by Crippen LogP contribution is 2.37. The van der Waals surface area contributed by atoms with Gasteiger partial charge in [0.25, 0.3) is 0 Å². The highest BCUT2D eigenvalue weighted by molar-refractivity contribution is 6.47. The quantitative estimate of drug-likeness (QED) is 0.0526. The first-order chi connectivity index (χ1) is 22.2. The van der Waals surface area contributed by atoms with Crippen molar-refractivity contribution in [2.75, 3.05) is 0 Å². The smallest absolute Gasteiger partial charge is 0.130 e. The molecule has 4 radical (unpaired) electrons. The maximum absolute atomic E-state index is 3.71. The van der Waals surface area contributed by atoms with E-state index in [0.29, 0.717) is 42.7 Å². The lowest BCUT2D eigenvalue weighted by Gasteiger charge is -2.15. The molecule has 5 aromatic carbocycles. The molecule has 0 nitrogen and oxygen atoms in total. The van der Waals surface area contributed by atoms with Crippen molar-refractivity contribution in [2.45, 2.75) is 67.5 Å². The topological polar surface area (TPSA) is 0 Å². The van der Waals surface area contributed by atoms with Crippen LogP contribution in [0.1, 0.15) is 66.5 Å². The predicted octanol–water partition coefficient (Wildman–Crippen LogP) is 11.6. The minimum absolute atomic E-state index is 0.562. The predicted molar refractivity (Wildman–Crippen MR) is 207 cm³/mol. The second-order valence-corrected chi connectivity index (χ2v) is 15.6. The standard InChI is InChI=1S/C44H46Si2/c1-29(2)37(30(3)4)17-21-45-23-19-39-41-25-33-13-9-11-15-35(33)27-43(41)40(20-24-46-22-18-38(31(5)6)32(7)8)44-28-36-16-12-10-14-34(36)26-42(39)44/h9-18,25-32H,21-22H2,1-8H3. The number of allylic oxidation sites excluding steroid dienone is 4. The molecule has 0 heterocycles. The molecule has 0 saturated carbocycles. The number of benzene rings is 5. The van der Waals surface area contributed by atoms with Crippen molar-refractivity contribution < 1.29 is 0 Å². The van der Waals surface area contributed by atoms with Gasteiger partial charge < -0.3 is 0 Å². The molecule has 0 aliphatic heterocycles. The van der Waals surface area contributed by atoms with E-state index in [1.54, 1.807) is 0 Å². The second-order valence-electron chi connectivity index (χ2n) is 13.5.